The van der Waals surface area contributed by atoms with E-state index in [9.17, 15) is 8.96 Å². The fraction of sp³-hybridized carbons (Fsp3) is 0.714. The van der Waals surface area contributed by atoms with Gasteiger partial charge in [0.25, 0.3) is 0 Å². The second-order valence-corrected chi connectivity index (χ2v) is 11.0. The summed E-state index contributed by atoms with van der Waals surface area (Å²) in [5.41, 5.74) is -0.128. The Balaban J connectivity index is 3.39. The maximum Gasteiger partial charge on any atom is 0.350 e. The lowest BCUT2D eigenvalue weighted by Gasteiger charge is -2.48. The van der Waals surface area contributed by atoms with Gasteiger partial charge in [0, 0.05) is 5.54 Å². The van der Waals surface area contributed by atoms with Crippen molar-refractivity contribution in [2.45, 2.75) is 79.7 Å². The Bertz CT molecular complexity index is 642. The van der Waals surface area contributed by atoms with Crippen LogP contribution in [0.15, 0.2) is 24.3 Å². The SMILES string of the molecule is CCOP(=O)(OCC)C(N(OC(C)c1ccc(F)cc1)C(C)(C)C)C(C)(C)C. The van der Waals surface area contributed by atoms with E-state index in [-0.39, 0.29) is 25.1 Å². The molecule has 5 nitrogen and oxygen atoms in total. The van der Waals surface area contributed by atoms with E-state index in [1.54, 1.807) is 31.0 Å². The minimum atomic E-state index is -3.52. The molecule has 2 unspecified atom stereocenters. The van der Waals surface area contributed by atoms with E-state index >= 15 is 0 Å². The smallest absolute Gasteiger partial charge is 0.308 e. The van der Waals surface area contributed by atoms with Gasteiger partial charge in [-0.3, -0.25) is 9.40 Å². The van der Waals surface area contributed by atoms with Gasteiger partial charge >= 0.3 is 7.60 Å². The summed E-state index contributed by atoms with van der Waals surface area (Å²) >= 11 is 0. The third kappa shape index (κ3) is 6.64. The van der Waals surface area contributed by atoms with Gasteiger partial charge < -0.3 is 9.05 Å². The number of halogens is 1. The van der Waals surface area contributed by atoms with E-state index in [2.05, 4.69) is 0 Å². The molecule has 0 aromatic heterocycles. The van der Waals surface area contributed by atoms with Crippen LogP contribution >= 0.6 is 7.60 Å². The van der Waals surface area contributed by atoms with Gasteiger partial charge in [-0.25, -0.2) is 4.39 Å². The first-order chi connectivity index (χ1) is 12.8. The third-order valence-corrected chi connectivity index (χ3v) is 7.01. The normalized spacial score (nSPS) is 15.7. The molecule has 0 saturated heterocycles. The molecule has 0 bridgehead atoms. The summed E-state index contributed by atoms with van der Waals surface area (Å²) in [7, 11) is -3.52. The number of hydrogen-bond donors (Lipinski definition) is 0. The number of hydroxylamine groups is 2. The van der Waals surface area contributed by atoms with Crippen molar-refractivity contribution in [1.82, 2.24) is 5.06 Å². The molecule has 7 heteroatoms. The Kier molecular flexibility index (Phi) is 8.85. The highest BCUT2D eigenvalue weighted by molar-refractivity contribution is 7.54. The van der Waals surface area contributed by atoms with Crippen LogP contribution < -0.4 is 0 Å². The first kappa shape index (κ1) is 25.3. The van der Waals surface area contributed by atoms with Crippen molar-refractivity contribution >= 4 is 7.60 Å². The lowest BCUT2D eigenvalue weighted by Crippen LogP contribution is -2.53. The summed E-state index contributed by atoms with van der Waals surface area (Å²) in [6.07, 6.45) is -0.374. The lowest BCUT2D eigenvalue weighted by molar-refractivity contribution is -0.264. The third-order valence-electron chi connectivity index (χ3n) is 4.19. The molecule has 0 aliphatic rings. The topological polar surface area (TPSA) is 48.0 Å². The summed E-state index contributed by atoms with van der Waals surface area (Å²) in [5.74, 6) is -0.934. The molecule has 0 N–H and O–H groups in total. The quantitative estimate of drug-likeness (QED) is 0.336. The number of benzene rings is 1. The maximum atomic E-state index is 13.8. The average Bonchev–Trinajstić information content (AvgIpc) is 2.53. The van der Waals surface area contributed by atoms with Crippen LogP contribution in [-0.2, 0) is 18.5 Å². The molecule has 0 fully saturated rings. The van der Waals surface area contributed by atoms with Gasteiger partial charge in [-0.1, -0.05) is 32.9 Å². The van der Waals surface area contributed by atoms with Crippen molar-refractivity contribution < 1.29 is 22.8 Å². The van der Waals surface area contributed by atoms with Gasteiger partial charge in [-0.15, -0.1) is 0 Å². The summed E-state index contributed by atoms with van der Waals surface area (Å²) in [6.45, 7) is 18.0. The Labute approximate surface area is 170 Å². The number of rotatable bonds is 9. The predicted molar refractivity (Wildman–Crippen MR) is 112 cm³/mol. The minimum absolute atomic E-state index is 0.273. The van der Waals surface area contributed by atoms with Crippen LogP contribution in [0.25, 0.3) is 0 Å². The molecule has 0 radical (unpaired) electrons. The largest absolute Gasteiger partial charge is 0.350 e. The van der Waals surface area contributed by atoms with Gasteiger partial charge in [0.2, 0.25) is 0 Å². The molecule has 1 rings (SSSR count). The van der Waals surface area contributed by atoms with Gasteiger partial charge in [0.15, 0.2) is 0 Å². The Morgan fingerprint density at radius 1 is 1.00 bits per heavy atom. The maximum absolute atomic E-state index is 13.8. The summed E-state index contributed by atoms with van der Waals surface area (Å²) in [4.78, 5) is 6.35. The van der Waals surface area contributed by atoms with Crippen molar-refractivity contribution in [3.05, 3.63) is 35.6 Å². The molecule has 1 aromatic rings. The Morgan fingerprint density at radius 2 is 1.46 bits per heavy atom. The molecule has 0 saturated carbocycles. The van der Waals surface area contributed by atoms with Crippen molar-refractivity contribution in [2.75, 3.05) is 13.2 Å². The summed E-state index contributed by atoms with van der Waals surface area (Å²) < 4.78 is 38.5. The molecule has 162 valence electrons. The molecule has 0 amide bonds. The lowest BCUT2D eigenvalue weighted by atomic mass is 9.94. The van der Waals surface area contributed by atoms with Crippen LogP contribution in [0.1, 0.15) is 74.0 Å². The molecule has 0 heterocycles. The van der Waals surface area contributed by atoms with Gasteiger partial charge in [0.05, 0.1) is 13.2 Å². The molecule has 0 aliphatic heterocycles. The fourth-order valence-electron chi connectivity index (χ4n) is 3.04. The highest BCUT2D eigenvalue weighted by Crippen LogP contribution is 2.61. The van der Waals surface area contributed by atoms with Gasteiger partial charge in [-0.2, -0.15) is 5.06 Å². The first-order valence-corrected chi connectivity index (χ1v) is 11.5. The van der Waals surface area contributed by atoms with E-state index < -0.39 is 24.3 Å². The molecule has 2 atom stereocenters. The first-order valence-electron chi connectivity index (χ1n) is 9.86. The van der Waals surface area contributed by atoms with Crippen molar-refractivity contribution in [1.29, 1.82) is 0 Å². The second-order valence-electron chi connectivity index (χ2n) is 8.91. The van der Waals surface area contributed by atoms with Crippen LogP contribution in [0.2, 0.25) is 0 Å². The number of hydrogen-bond acceptors (Lipinski definition) is 5. The van der Waals surface area contributed by atoms with Crippen molar-refractivity contribution in [2.24, 2.45) is 5.41 Å². The molecular formula is C21H37FNO4P. The van der Waals surface area contributed by atoms with E-state index in [0.717, 1.165) is 5.56 Å². The Hall–Kier alpha value is -0.780. The summed E-state index contributed by atoms with van der Waals surface area (Å²) in [5, 5.41) is 1.74. The minimum Gasteiger partial charge on any atom is -0.308 e. The second kappa shape index (κ2) is 9.82. The van der Waals surface area contributed by atoms with E-state index in [1.807, 2.05) is 48.5 Å². The zero-order valence-electron chi connectivity index (χ0n) is 18.8. The van der Waals surface area contributed by atoms with Crippen molar-refractivity contribution in [3.8, 4) is 0 Å². The van der Waals surface area contributed by atoms with E-state index in [1.165, 1.54) is 12.1 Å². The van der Waals surface area contributed by atoms with E-state index in [4.69, 9.17) is 13.9 Å². The fourth-order valence-corrected chi connectivity index (χ4v) is 5.72. The monoisotopic (exact) mass is 417 g/mol. The highest BCUT2D eigenvalue weighted by atomic mass is 31.2. The molecule has 0 spiro atoms. The van der Waals surface area contributed by atoms with Crippen LogP contribution in [0.4, 0.5) is 4.39 Å². The number of nitrogens with zero attached hydrogens (tertiary/aromatic N) is 1. The molecular weight excluding hydrogens is 380 g/mol. The highest BCUT2D eigenvalue weighted by Gasteiger charge is 2.51. The molecule has 0 aliphatic carbocycles. The van der Waals surface area contributed by atoms with E-state index in [0.29, 0.717) is 0 Å². The predicted octanol–water partition coefficient (Wildman–Crippen LogP) is 6.56. The van der Waals surface area contributed by atoms with Crippen LogP contribution in [0.5, 0.6) is 0 Å². The van der Waals surface area contributed by atoms with Crippen LogP contribution in [-0.4, -0.2) is 29.6 Å². The summed E-state index contributed by atoms with van der Waals surface area (Å²) in [6, 6.07) is 6.20. The standard InChI is InChI=1S/C21H37FNO4P/c1-10-25-28(24,26-11-2)19(20(4,5)6)23(21(7,8)9)27-16(3)17-12-14-18(22)15-13-17/h12-16,19H,10-11H2,1-9H3. The van der Waals surface area contributed by atoms with Gasteiger partial charge in [0.1, 0.15) is 17.7 Å². The Morgan fingerprint density at radius 3 is 1.82 bits per heavy atom. The zero-order chi connectivity index (χ0) is 21.8. The molecule has 28 heavy (non-hydrogen) atoms. The van der Waals surface area contributed by atoms with Crippen LogP contribution in [0.3, 0.4) is 0 Å². The zero-order valence-corrected chi connectivity index (χ0v) is 19.7. The average molecular weight is 418 g/mol. The van der Waals surface area contributed by atoms with Gasteiger partial charge in [-0.05, 0) is 64.7 Å². The van der Waals surface area contributed by atoms with Crippen LogP contribution in [0, 0.1) is 11.2 Å². The molecule has 1 aromatic carbocycles. The van der Waals surface area contributed by atoms with Crippen molar-refractivity contribution in [3.63, 3.8) is 0 Å².